The second kappa shape index (κ2) is 7.09. The van der Waals surface area contributed by atoms with Crippen LogP contribution >= 0.6 is 0 Å². The van der Waals surface area contributed by atoms with Crippen LogP contribution in [0.2, 0.25) is 0 Å². The SMILES string of the molecule is CCn1c(CCNC(=O)Cc2ccccc2)nc2ccccc21. The molecule has 1 N–H and O–H groups in total. The highest BCUT2D eigenvalue weighted by Crippen LogP contribution is 2.16. The number of fused-ring (bicyclic) bond motifs is 1. The summed E-state index contributed by atoms with van der Waals surface area (Å²) in [4.78, 5) is 16.7. The summed E-state index contributed by atoms with van der Waals surface area (Å²) in [7, 11) is 0. The molecule has 1 amide bonds. The lowest BCUT2D eigenvalue weighted by Crippen LogP contribution is -2.27. The third-order valence-electron chi connectivity index (χ3n) is 3.93. The summed E-state index contributed by atoms with van der Waals surface area (Å²) in [6.45, 7) is 3.61. The molecule has 3 rings (SSSR count). The van der Waals surface area contributed by atoms with Crippen molar-refractivity contribution >= 4 is 16.9 Å². The number of amides is 1. The molecule has 1 aromatic heterocycles. The van der Waals surface area contributed by atoms with E-state index in [1.165, 1.54) is 0 Å². The zero-order valence-electron chi connectivity index (χ0n) is 13.3. The van der Waals surface area contributed by atoms with E-state index in [1.807, 2.05) is 48.5 Å². The van der Waals surface area contributed by atoms with E-state index in [2.05, 4.69) is 27.9 Å². The Balaban J connectivity index is 1.59. The number of aromatic nitrogens is 2. The van der Waals surface area contributed by atoms with E-state index < -0.39 is 0 Å². The Hall–Kier alpha value is -2.62. The van der Waals surface area contributed by atoms with Gasteiger partial charge in [-0.3, -0.25) is 4.79 Å². The summed E-state index contributed by atoms with van der Waals surface area (Å²) in [6.07, 6.45) is 1.16. The number of carbonyl (C=O) groups is 1. The zero-order chi connectivity index (χ0) is 16.1. The maximum Gasteiger partial charge on any atom is 0.224 e. The molecule has 23 heavy (non-hydrogen) atoms. The Morgan fingerprint density at radius 3 is 2.61 bits per heavy atom. The highest BCUT2D eigenvalue weighted by Gasteiger charge is 2.09. The van der Waals surface area contributed by atoms with Gasteiger partial charge in [0, 0.05) is 19.5 Å². The largest absolute Gasteiger partial charge is 0.355 e. The molecule has 0 spiro atoms. The molecular formula is C19H21N3O. The Kier molecular flexibility index (Phi) is 4.71. The number of carbonyl (C=O) groups excluding carboxylic acids is 1. The van der Waals surface area contributed by atoms with E-state index in [-0.39, 0.29) is 5.91 Å². The van der Waals surface area contributed by atoms with E-state index in [1.54, 1.807) is 0 Å². The fourth-order valence-corrected chi connectivity index (χ4v) is 2.83. The molecule has 0 bridgehead atoms. The van der Waals surface area contributed by atoms with Gasteiger partial charge in [-0.2, -0.15) is 0 Å². The first-order chi connectivity index (χ1) is 11.3. The van der Waals surface area contributed by atoms with E-state index in [0.29, 0.717) is 13.0 Å². The summed E-state index contributed by atoms with van der Waals surface area (Å²) in [5.41, 5.74) is 3.20. The molecule has 0 fully saturated rings. The predicted octanol–water partition coefficient (Wildman–Crippen LogP) is 2.96. The van der Waals surface area contributed by atoms with E-state index >= 15 is 0 Å². The van der Waals surface area contributed by atoms with Crippen LogP contribution in [0.1, 0.15) is 18.3 Å². The fourth-order valence-electron chi connectivity index (χ4n) is 2.83. The van der Waals surface area contributed by atoms with Crippen LogP contribution in [0.3, 0.4) is 0 Å². The molecule has 0 saturated heterocycles. The molecule has 3 aromatic rings. The average molecular weight is 307 g/mol. The minimum Gasteiger partial charge on any atom is -0.355 e. The van der Waals surface area contributed by atoms with Gasteiger partial charge in [-0.25, -0.2) is 4.98 Å². The van der Waals surface area contributed by atoms with Crippen LogP contribution in [-0.4, -0.2) is 22.0 Å². The highest BCUT2D eigenvalue weighted by atomic mass is 16.1. The molecule has 0 aliphatic rings. The summed E-state index contributed by atoms with van der Waals surface area (Å²) in [5.74, 6) is 1.07. The summed E-state index contributed by atoms with van der Waals surface area (Å²) in [5, 5.41) is 2.98. The van der Waals surface area contributed by atoms with Gasteiger partial charge in [-0.1, -0.05) is 42.5 Å². The smallest absolute Gasteiger partial charge is 0.224 e. The standard InChI is InChI=1S/C19H21N3O/c1-2-22-17-11-7-6-10-16(17)21-18(22)12-13-20-19(23)14-15-8-4-3-5-9-15/h3-11H,2,12-14H2,1H3,(H,20,23). The van der Waals surface area contributed by atoms with Gasteiger partial charge in [-0.05, 0) is 24.6 Å². The Labute approximate surface area is 136 Å². The zero-order valence-corrected chi connectivity index (χ0v) is 13.3. The van der Waals surface area contributed by atoms with Crippen LogP contribution in [0, 0.1) is 0 Å². The van der Waals surface area contributed by atoms with Gasteiger partial charge in [-0.15, -0.1) is 0 Å². The minimum atomic E-state index is 0.0513. The average Bonchev–Trinajstić information content (AvgIpc) is 2.93. The molecule has 2 aromatic carbocycles. The third kappa shape index (κ3) is 3.59. The number of nitrogens with one attached hydrogen (secondary N) is 1. The van der Waals surface area contributed by atoms with Crippen molar-refractivity contribution < 1.29 is 4.79 Å². The Morgan fingerprint density at radius 1 is 1.09 bits per heavy atom. The van der Waals surface area contributed by atoms with E-state index in [4.69, 9.17) is 0 Å². The van der Waals surface area contributed by atoms with Crippen molar-refractivity contribution in [2.45, 2.75) is 26.3 Å². The molecule has 0 unspecified atom stereocenters. The van der Waals surface area contributed by atoms with Crippen molar-refractivity contribution in [3.63, 3.8) is 0 Å². The van der Waals surface area contributed by atoms with E-state index in [0.717, 1.165) is 35.4 Å². The number of hydrogen-bond donors (Lipinski definition) is 1. The van der Waals surface area contributed by atoms with E-state index in [9.17, 15) is 4.79 Å². The molecule has 0 atom stereocenters. The van der Waals surface area contributed by atoms with Crippen molar-refractivity contribution in [1.82, 2.24) is 14.9 Å². The van der Waals surface area contributed by atoms with Crippen LogP contribution in [0.15, 0.2) is 54.6 Å². The number of para-hydroxylation sites is 2. The van der Waals surface area contributed by atoms with Gasteiger partial charge in [0.05, 0.1) is 17.5 Å². The van der Waals surface area contributed by atoms with Crippen LogP contribution in [0.4, 0.5) is 0 Å². The third-order valence-corrected chi connectivity index (χ3v) is 3.93. The normalized spacial score (nSPS) is 10.8. The second-order valence-electron chi connectivity index (χ2n) is 5.52. The molecule has 0 aliphatic heterocycles. The van der Waals surface area contributed by atoms with Crippen molar-refractivity contribution in [1.29, 1.82) is 0 Å². The summed E-state index contributed by atoms with van der Waals surface area (Å²) >= 11 is 0. The van der Waals surface area contributed by atoms with Gasteiger partial charge in [0.2, 0.25) is 5.91 Å². The van der Waals surface area contributed by atoms with Gasteiger partial charge in [0.15, 0.2) is 0 Å². The van der Waals surface area contributed by atoms with Crippen molar-refractivity contribution in [3.8, 4) is 0 Å². The van der Waals surface area contributed by atoms with Crippen molar-refractivity contribution in [3.05, 3.63) is 66.0 Å². The quantitative estimate of drug-likeness (QED) is 0.761. The molecule has 0 aliphatic carbocycles. The Morgan fingerprint density at radius 2 is 1.83 bits per heavy atom. The predicted molar refractivity (Wildman–Crippen MR) is 92.3 cm³/mol. The summed E-state index contributed by atoms with van der Waals surface area (Å²) < 4.78 is 2.21. The first-order valence-electron chi connectivity index (χ1n) is 8.02. The van der Waals surface area contributed by atoms with Crippen molar-refractivity contribution in [2.75, 3.05) is 6.54 Å². The van der Waals surface area contributed by atoms with Crippen LogP contribution in [0.25, 0.3) is 11.0 Å². The maximum absolute atomic E-state index is 12.0. The van der Waals surface area contributed by atoms with Crippen molar-refractivity contribution in [2.24, 2.45) is 0 Å². The molecule has 1 heterocycles. The maximum atomic E-state index is 12.0. The summed E-state index contributed by atoms with van der Waals surface area (Å²) in [6, 6.07) is 17.9. The minimum absolute atomic E-state index is 0.0513. The number of rotatable bonds is 6. The first kappa shape index (κ1) is 15.3. The Bertz CT molecular complexity index is 793. The molecule has 0 radical (unpaired) electrons. The monoisotopic (exact) mass is 307 g/mol. The molecule has 4 nitrogen and oxygen atoms in total. The number of hydrogen-bond acceptors (Lipinski definition) is 2. The molecule has 118 valence electrons. The lowest BCUT2D eigenvalue weighted by Gasteiger charge is -2.07. The number of benzene rings is 2. The van der Waals surface area contributed by atoms with Crippen LogP contribution < -0.4 is 5.32 Å². The van der Waals surface area contributed by atoms with Crippen LogP contribution in [-0.2, 0) is 24.2 Å². The van der Waals surface area contributed by atoms with Gasteiger partial charge in [0.25, 0.3) is 0 Å². The molecule has 4 heteroatoms. The topological polar surface area (TPSA) is 46.9 Å². The van der Waals surface area contributed by atoms with Gasteiger partial charge < -0.3 is 9.88 Å². The van der Waals surface area contributed by atoms with Gasteiger partial charge >= 0.3 is 0 Å². The molecule has 0 saturated carbocycles. The number of imidazole rings is 1. The first-order valence-corrected chi connectivity index (χ1v) is 8.02. The molecular weight excluding hydrogens is 286 g/mol. The lowest BCUT2D eigenvalue weighted by atomic mass is 10.1. The fraction of sp³-hybridized carbons (Fsp3) is 0.263. The highest BCUT2D eigenvalue weighted by molar-refractivity contribution is 5.78. The van der Waals surface area contributed by atoms with Crippen LogP contribution in [0.5, 0.6) is 0 Å². The lowest BCUT2D eigenvalue weighted by molar-refractivity contribution is -0.120. The second-order valence-corrected chi connectivity index (χ2v) is 5.52. The van der Waals surface area contributed by atoms with Gasteiger partial charge in [0.1, 0.15) is 5.82 Å². The number of aryl methyl sites for hydroxylation is 1. The number of nitrogens with zero attached hydrogens (tertiary/aromatic N) is 2.